The molecule has 0 atom stereocenters. The highest BCUT2D eigenvalue weighted by Crippen LogP contribution is 2.33. The third-order valence-electron chi connectivity index (χ3n) is 2.79. The molecule has 0 spiro atoms. The lowest BCUT2D eigenvalue weighted by atomic mass is 10.2. The maximum atomic E-state index is 11.1. The minimum Gasteiger partial charge on any atom is -0.478 e. The van der Waals surface area contributed by atoms with Gasteiger partial charge in [-0.05, 0) is 18.9 Å². The van der Waals surface area contributed by atoms with Crippen LogP contribution < -0.4 is 4.90 Å². The van der Waals surface area contributed by atoms with Crippen LogP contribution in [0.1, 0.15) is 29.6 Å². The van der Waals surface area contributed by atoms with Crippen molar-refractivity contribution in [3.63, 3.8) is 0 Å². The summed E-state index contributed by atoms with van der Waals surface area (Å²) in [5.41, 5.74) is 0.877. The fourth-order valence-electron chi connectivity index (χ4n) is 1.86. The molecule has 0 radical (unpaired) electrons. The van der Waals surface area contributed by atoms with E-state index in [2.05, 4.69) is 11.1 Å². The van der Waals surface area contributed by atoms with Crippen molar-refractivity contribution in [1.82, 2.24) is 4.98 Å². The number of aromatic nitrogens is 1. The zero-order chi connectivity index (χ0) is 12.3. The number of carbonyl (C=O) groups is 1. The van der Waals surface area contributed by atoms with E-state index in [1.165, 1.54) is 6.20 Å². The van der Waals surface area contributed by atoms with Crippen molar-refractivity contribution in [3.05, 3.63) is 24.0 Å². The highest BCUT2D eigenvalue weighted by Gasteiger charge is 2.31. The summed E-state index contributed by atoms with van der Waals surface area (Å²) in [6, 6.07) is 4.18. The van der Waals surface area contributed by atoms with Crippen LogP contribution in [-0.2, 0) is 0 Å². The van der Waals surface area contributed by atoms with Gasteiger partial charge in [0.25, 0.3) is 0 Å². The predicted molar refractivity (Wildman–Crippen MR) is 61.8 cm³/mol. The van der Waals surface area contributed by atoms with Gasteiger partial charge in [0.1, 0.15) is 5.56 Å². The number of anilines is 1. The number of nitriles is 1. The van der Waals surface area contributed by atoms with Gasteiger partial charge in [-0.25, -0.2) is 4.79 Å². The standard InChI is InChI=1S/C12H13N3O2/c13-5-1-7-15(9-2-3-9)11-4-6-14-8-10(11)12(16)17/h4,6,8-9H,1-3,7H2,(H,16,17). The Balaban J connectivity index is 2.29. The average Bonchev–Trinajstić information content (AvgIpc) is 3.14. The van der Waals surface area contributed by atoms with E-state index in [4.69, 9.17) is 10.4 Å². The smallest absolute Gasteiger partial charge is 0.339 e. The van der Waals surface area contributed by atoms with Gasteiger partial charge in [0, 0.05) is 25.0 Å². The molecule has 1 aliphatic rings. The number of hydrogen-bond acceptors (Lipinski definition) is 4. The zero-order valence-electron chi connectivity index (χ0n) is 9.33. The first kappa shape index (κ1) is 11.4. The maximum Gasteiger partial charge on any atom is 0.339 e. The summed E-state index contributed by atoms with van der Waals surface area (Å²) in [6.07, 6.45) is 5.47. The molecule has 1 aromatic heterocycles. The Hall–Kier alpha value is -2.09. The Morgan fingerprint density at radius 1 is 1.65 bits per heavy atom. The van der Waals surface area contributed by atoms with E-state index in [1.54, 1.807) is 12.3 Å². The summed E-state index contributed by atoms with van der Waals surface area (Å²) in [4.78, 5) is 17.0. The molecule has 1 aromatic rings. The molecule has 5 heteroatoms. The molecule has 5 nitrogen and oxygen atoms in total. The van der Waals surface area contributed by atoms with Crippen molar-refractivity contribution in [2.24, 2.45) is 0 Å². The van der Waals surface area contributed by atoms with Crippen molar-refractivity contribution in [2.75, 3.05) is 11.4 Å². The second-order valence-electron chi connectivity index (χ2n) is 4.03. The lowest BCUT2D eigenvalue weighted by Gasteiger charge is -2.24. The minimum absolute atomic E-state index is 0.206. The van der Waals surface area contributed by atoms with Crippen molar-refractivity contribution in [1.29, 1.82) is 5.26 Å². The normalized spacial score (nSPS) is 14.1. The largest absolute Gasteiger partial charge is 0.478 e. The van der Waals surface area contributed by atoms with Gasteiger partial charge in [-0.15, -0.1) is 0 Å². The van der Waals surface area contributed by atoms with Crippen LogP contribution in [0.4, 0.5) is 5.69 Å². The van der Waals surface area contributed by atoms with E-state index in [9.17, 15) is 4.79 Å². The number of rotatable bonds is 5. The molecule has 2 rings (SSSR count). The van der Waals surface area contributed by atoms with E-state index >= 15 is 0 Å². The molecule has 88 valence electrons. The van der Waals surface area contributed by atoms with E-state index in [1.807, 2.05) is 4.90 Å². The topological polar surface area (TPSA) is 77.2 Å². The van der Waals surface area contributed by atoms with Crippen molar-refractivity contribution >= 4 is 11.7 Å². The summed E-state index contributed by atoms with van der Waals surface area (Å²) in [5, 5.41) is 17.7. The Kier molecular flexibility index (Phi) is 3.24. The summed E-state index contributed by atoms with van der Waals surface area (Å²) in [6.45, 7) is 0.575. The highest BCUT2D eigenvalue weighted by molar-refractivity contribution is 5.94. The predicted octanol–water partition coefficient (Wildman–Crippen LogP) is 1.66. The molecule has 0 saturated heterocycles. The number of carboxylic acid groups (broad SMARTS) is 1. The van der Waals surface area contributed by atoms with Crippen LogP contribution in [0.2, 0.25) is 0 Å². The summed E-state index contributed by atoms with van der Waals surface area (Å²) < 4.78 is 0. The molecule has 1 saturated carbocycles. The number of carboxylic acids is 1. The Labute approximate surface area is 99.3 Å². The van der Waals surface area contributed by atoms with Gasteiger partial charge < -0.3 is 10.0 Å². The van der Waals surface area contributed by atoms with Crippen LogP contribution >= 0.6 is 0 Å². The molecule has 1 fully saturated rings. The molecular formula is C12H13N3O2. The van der Waals surface area contributed by atoms with Gasteiger partial charge in [-0.1, -0.05) is 0 Å². The summed E-state index contributed by atoms with van der Waals surface area (Å²) in [5.74, 6) is -0.976. The fraction of sp³-hybridized carbons (Fsp3) is 0.417. The van der Waals surface area contributed by atoms with Crippen molar-refractivity contribution in [2.45, 2.75) is 25.3 Å². The quantitative estimate of drug-likeness (QED) is 0.833. The molecule has 0 aromatic carbocycles. The van der Waals surface area contributed by atoms with Crippen LogP contribution in [0.25, 0.3) is 0 Å². The van der Waals surface area contributed by atoms with Gasteiger partial charge in [0.05, 0.1) is 18.2 Å². The lowest BCUT2D eigenvalue weighted by molar-refractivity contribution is 0.0697. The summed E-state index contributed by atoms with van der Waals surface area (Å²) >= 11 is 0. The third kappa shape index (κ3) is 2.53. The number of nitrogens with zero attached hydrogens (tertiary/aromatic N) is 3. The lowest BCUT2D eigenvalue weighted by Crippen LogP contribution is -2.28. The first-order valence-corrected chi connectivity index (χ1v) is 5.55. The summed E-state index contributed by atoms with van der Waals surface area (Å²) in [7, 11) is 0. The third-order valence-corrected chi connectivity index (χ3v) is 2.79. The SMILES string of the molecule is N#CCCN(c1ccncc1C(=O)O)C1CC1. The van der Waals surface area contributed by atoms with Crippen LogP contribution in [0.15, 0.2) is 18.5 Å². The molecule has 0 bridgehead atoms. The Morgan fingerprint density at radius 2 is 2.41 bits per heavy atom. The van der Waals surface area contributed by atoms with E-state index in [-0.39, 0.29) is 5.56 Å². The molecule has 0 amide bonds. The van der Waals surface area contributed by atoms with Crippen molar-refractivity contribution in [3.8, 4) is 6.07 Å². The molecular weight excluding hydrogens is 218 g/mol. The van der Waals surface area contributed by atoms with E-state index in [0.717, 1.165) is 12.8 Å². The first-order valence-electron chi connectivity index (χ1n) is 5.55. The second-order valence-corrected chi connectivity index (χ2v) is 4.03. The minimum atomic E-state index is -0.976. The van der Waals surface area contributed by atoms with Gasteiger partial charge in [-0.2, -0.15) is 5.26 Å². The monoisotopic (exact) mass is 231 g/mol. The Morgan fingerprint density at radius 3 is 3.00 bits per heavy atom. The van der Waals surface area contributed by atoms with Crippen LogP contribution in [-0.4, -0.2) is 28.6 Å². The molecule has 1 aliphatic carbocycles. The van der Waals surface area contributed by atoms with Crippen molar-refractivity contribution < 1.29 is 9.90 Å². The van der Waals surface area contributed by atoms with Gasteiger partial charge in [0.2, 0.25) is 0 Å². The maximum absolute atomic E-state index is 11.1. The Bertz CT molecular complexity index is 463. The van der Waals surface area contributed by atoms with E-state index in [0.29, 0.717) is 24.7 Å². The zero-order valence-corrected chi connectivity index (χ0v) is 9.33. The van der Waals surface area contributed by atoms with Crippen LogP contribution in [0.5, 0.6) is 0 Å². The molecule has 0 aliphatic heterocycles. The second kappa shape index (κ2) is 4.83. The fourth-order valence-corrected chi connectivity index (χ4v) is 1.86. The molecule has 1 N–H and O–H groups in total. The van der Waals surface area contributed by atoms with Gasteiger partial charge in [-0.3, -0.25) is 4.98 Å². The molecule has 17 heavy (non-hydrogen) atoms. The first-order chi connectivity index (χ1) is 8.24. The van der Waals surface area contributed by atoms with Crippen LogP contribution in [0, 0.1) is 11.3 Å². The van der Waals surface area contributed by atoms with Crippen LogP contribution in [0.3, 0.4) is 0 Å². The van der Waals surface area contributed by atoms with Gasteiger partial charge >= 0.3 is 5.97 Å². The number of hydrogen-bond donors (Lipinski definition) is 1. The average molecular weight is 231 g/mol. The molecule has 1 heterocycles. The van der Waals surface area contributed by atoms with Gasteiger partial charge in [0.15, 0.2) is 0 Å². The molecule has 0 unspecified atom stereocenters. The number of aromatic carboxylic acids is 1. The van der Waals surface area contributed by atoms with E-state index < -0.39 is 5.97 Å². The number of pyridine rings is 1. The highest BCUT2D eigenvalue weighted by atomic mass is 16.4.